The number of amides is 3. The topological polar surface area (TPSA) is 235 Å². The molecule has 6 aromatic heterocycles. The van der Waals surface area contributed by atoms with Crippen molar-refractivity contribution in [2.75, 3.05) is 67.7 Å². The molecule has 0 bridgehead atoms. The molecule has 0 saturated carbocycles. The van der Waals surface area contributed by atoms with Crippen LogP contribution in [0.2, 0.25) is 10.0 Å². The van der Waals surface area contributed by atoms with E-state index < -0.39 is 18.2 Å². The average Bonchev–Trinajstić information content (AvgIpc) is 1.73. The first kappa shape index (κ1) is 64.3. The summed E-state index contributed by atoms with van der Waals surface area (Å²) < 4.78 is 44.6. The molecule has 0 radical (unpaired) electrons. The number of nitrogens with zero attached hydrogens (tertiary/aromatic N) is 6. The maximum Gasteiger partial charge on any atom is 0.253 e. The lowest BCUT2D eigenvalue weighted by Crippen LogP contribution is -2.36. The minimum absolute atomic E-state index is 0.163. The largest absolute Gasteiger partial charge is 0.494 e. The van der Waals surface area contributed by atoms with Gasteiger partial charge in [-0.15, -0.1) is 46.6 Å². The van der Waals surface area contributed by atoms with Crippen molar-refractivity contribution in [2.45, 2.75) is 52.6 Å². The van der Waals surface area contributed by atoms with Gasteiger partial charge < -0.3 is 43.8 Å². The molecule has 21 nitrogen and oxygen atoms in total. The summed E-state index contributed by atoms with van der Waals surface area (Å²) in [6.45, 7) is 0.420. The van der Waals surface area contributed by atoms with E-state index in [2.05, 4.69) is 38.1 Å². The number of halogens is 2. The van der Waals surface area contributed by atoms with Crippen LogP contribution in [-0.4, -0.2) is 94.1 Å². The van der Waals surface area contributed by atoms with E-state index >= 15 is 0 Å². The zero-order chi connectivity index (χ0) is 65.9. The number of aromatic nitrogens is 5. The van der Waals surface area contributed by atoms with Gasteiger partial charge in [0.25, 0.3) is 16.7 Å². The first-order valence-corrected chi connectivity index (χ1v) is 34.1. The molecular formula is C68H56Cl2N8O13S4. The zero-order valence-electron chi connectivity index (χ0n) is 50.8. The highest BCUT2D eigenvalue weighted by Crippen LogP contribution is 2.46. The Balaban J connectivity index is 0.000000129. The van der Waals surface area contributed by atoms with E-state index in [1.807, 2.05) is 78.9 Å². The number of nitrogens with one attached hydrogen (secondary N) is 2. The highest BCUT2D eigenvalue weighted by Gasteiger charge is 2.37. The van der Waals surface area contributed by atoms with Crippen molar-refractivity contribution in [3.05, 3.63) is 226 Å². The maximum absolute atomic E-state index is 13.1. The molecule has 15 rings (SSSR count). The molecule has 5 aliphatic heterocycles. The number of pyridine rings is 5. The minimum Gasteiger partial charge on any atom is -0.494 e. The van der Waals surface area contributed by atoms with Crippen molar-refractivity contribution >= 4 is 115 Å². The van der Waals surface area contributed by atoms with E-state index in [4.69, 9.17) is 56.4 Å². The smallest absolute Gasteiger partial charge is 0.253 e. The van der Waals surface area contributed by atoms with Gasteiger partial charge in [0.1, 0.15) is 45.0 Å². The predicted molar refractivity (Wildman–Crippen MR) is 367 cm³/mol. The van der Waals surface area contributed by atoms with E-state index in [9.17, 15) is 28.8 Å². The van der Waals surface area contributed by atoms with Crippen LogP contribution in [0.5, 0.6) is 40.2 Å². The molecular weight excluding hydrogens is 1340 g/mol. The van der Waals surface area contributed by atoms with E-state index in [0.717, 1.165) is 56.3 Å². The lowest BCUT2D eigenvalue weighted by atomic mass is 10.0. The van der Waals surface area contributed by atoms with Crippen LogP contribution in [0.4, 0.5) is 17.3 Å². The van der Waals surface area contributed by atoms with Crippen LogP contribution < -0.4 is 65.4 Å². The van der Waals surface area contributed by atoms with Crippen molar-refractivity contribution in [2.24, 2.45) is 0 Å². The summed E-state index contributed by atoms with van der Waals surface area (Å²) in [7, 11) is 4.77. The Labute approximate surface area is 569 Å². The van der Waals surface area contributed by atoms with Crippen LogP contribution in [0.25, 0.3) is 10.1 Å². The number of ether oxygens (including phenoxy) is 7. The molecule has 0 spiro atoms. The molecule has 11 heterocycles. The molecule has 0 unspecified atom stereocenters. The van der Waals surface area contributed by atoms with Gasteiger partial charge in [0, 0.05) is 94.2 Å². The van der Waals surface area contributed by atoms with Crippen LogP contribution in [-0.2, 0) is 33.6 Å². The second-order valence-corrected chi connectivity index (χ2v) is 26.6. The number of para-hydroxylation sites is 1. The van der Waals surface area contributed by atoms with Gasteiger partial charge in [-0.3, -0.25) is 47.4 Å². The SMILES string of the molecule is COc1c(Cc2ccc3c(c2)OCO3)cc(=O)n2c1SC[C@@H]2N(C=O)c1ccccc1.COc1c(Cc2ccc3c(c2)OCO3)cc(=O)n2c1SC[C@H]2C(=O)Nc1ccc(Cl)cn1.COc1c(Cc2csc3ccccc23)cc(=O)n2c1SC[C@H]2C(=O)Nc1ccc(Cl)cn1. The molecule has 4 aromatic carbocycles. The molecule has 0 fully saturated rings. The summed E-state index contributed by atoms with van der Waals surface area (Å²) in [5.41, 5.74) is 5.57. The van der Waals surface area contributed by atoms with Crippen molar-refractivity contribution in [1.82, 2.24) is 23.7 Å². The van der Waals surface area contributed by atoms with Crippen LogP contribution in [0.3, 0.4) is 0 Å². The first-order valence-electron chi connectivity index (χ1n) is 29.5. The highest BCUT2D eigenvalue weighted by molar-refractivity contribution is 8.00. The summed E-state index contributed by atoms with van der Waals surface area (Å²) in [5, 5.41) is 11.8. The number of thioether (sulfide) groups is 3. The van der Waals surface area contributed by atoms with Gasteiger partial charge in [-0.1, -0.05) is 71.7 Å². The Morgan fingerprint density at radius 2 is 1.02 bits per heavy atom. The fourth-order valence-electron chi connectivity index (χ4n) is 11.6. The Morgan fingerprint density at radius 3 is 1.52 bits per heavy atom. The third-order valence-electron chi connectivity index (χ3n) is 16.0. The molecule has 3 atom stereocenters. The van der Waals surface area contributed by atoms with Crippen molar-refractivity contribution in [1.29, 1.82) is 0 Å². The minimum atomic E-state index is -0.673. The van der Waals surface area contributed by atoms with Gasteiger partial charge in [-0.05, 0) is 94.2 Å². The number of carbonyl (C=O) groups excluding carboxylic acids is 3. The number of thiophene rings is 1. The second kappa shape index (κ2) is 28.3. The van der Waals surface area contributed by atoms with Gasteiger partial charge in [0.2, 0.25) is 31.8 Å². The second-order valence-electron chi connectivity index (χ2n) is 21.8. The molecule has 95 heavy (non-hydrogen) atoms. The van der Waals surface area contributed by atoms with Crippen LogP contribution >= 0.6 is 69.8 Å². The molecule has 10 aromatic rings. The monoisotopic (exact) mass is 1390 g/mol. The fraction of sp³-hybridized carbons (Fsp3) is 0.206. The fourth-order valence-corrected chi connectivity index (χ4v) is 16.8. The van der Waals surface area contributed by atoms with Crippen LogP contribution in [0.1, 0.15) is 51.6 Å². The van der Waals surface area contributed by atoms with Gasteiger partial charge in [0.15, 0.2) is 40.2 Å². The van der Waals surface area contributed by atoms with Crippen molar-refractivity contribution in [3.63, 3.8) is 0 Å². The number of hydrogen-bond donors (Lipinski definition) is 2. The Morgan fingerprint density at radius 1 is 0.558 bits per heavy atom. The van der Waals surface area contributed by atoms with Crippen molar-refractivity contribution < 1.29 is 47.5 Å². The maximum atomic E-state index is 13.1. The Kier molecular flexibility index (Phi) is 19.2. The Hall–Kier alpha value is -9.37. The number of methoxy groups -OCH3 is 3. The van der Waals surface area contributed by atoms with E-state index in [-0.39, 0.29) is 42.1 Å². The Bertz CT molecular complexity index is 4790. The number of rotatable bonds is 16. The van der Waals surface area contributed by atoms with E-state index in [1.165, 1.54) is 73.0 Å². The summed E-state index contributed by atoms with van der Waals surface area (Å²) >= 11 is 17.8. The normalized spacial score (nSPS) is 15.7. The number of benzene rings is 4. The number of hydrogen-bond acceptors (Lipinski definition) is 19. The summed E-state index contributed by atoms with van der Waals surface area (Å²) in [6.07, 6.45) is 4.85. The molecule has 5 aliphatic rings. The third kappa shape index (κ3) is 13.4. The third-order valence-corrected chi connectivity index (χ3v) is 20.9. The average molecular weight is 1390 g/mol. The number of anilines is 3. The van der Waals surface area contributed by atoms with E-state index in [0.29, 0.717) is 103 Å². The van der Waals surface area contributed by atoms with Gasteiger partial charge in [0.05, 0.1) is 31.4 Å². The first-order chi connectivity index (χ1) is 46.3. The van der Waals surface area contributed by atoms with Crippen LogP contribution in [0.15, 0.2) is 181 Å². The number of carbonyl (C=O) groups is 3. The van der Waals surface area contributed by atoms with Crippen LogP contribution in [0, 0.1) is 0 Å². The summed E-state index contributed by atoms with van der Waals surface area (Å²) in [6, 6.07) is 38.9. The van der Waals surface area contributed by atoms with Crippen molar-refractivity contribution in [3.8, 4) is 40.2 Å². The molecule has 484 valence electrons. The molecule has 3 amide bonds. The molecule has 0 aliphatic carbocycles. The zero-order valence-corrected chi connectivity index (χ0v) is 55.6. The van der Waals surface area contributed by atoms with E-state index in [1.54, 1.807) is 78.5 Å². The molecule has 27 heteroatoms. The molecule has 0 saturated heterocycles. The predicted octanol–water partition coefficient (Wildman–Crippen LogP) is 12.0. The van der Waals surface area contributed by atoms with Gasteiger partial charge in [-0.2, -0.15) is 0 Å². The van der Waals surface area contributed by atoms with Gasteiger partial charge >= 0.3 is 0 Å². The quantitative estimate of drug-likeness (QED) is 0.0856. The lowest BCUT2D eigenvalue weighted by molar-refractivity contribution is -0.119. The highest BCUT2D eigenvalue weighted by atomic mass is 35.5. The summed E-state index contributed by atoms with van der Waals surface area (Å²) in [5.74, 6) is 6.25. The standard InChI is InChI=1S/C23H18ClN3O3S2.C23H20N2O5S.C22H18ClN3O5S/c1-30-21-13(8-14-11-31-18-5-3-2-4-16(14)18)9-20(28)27-17(12-32-23(21)27)22(29)26-19-7-6-15(24)10-25-19;1-28-22-16(9-15-7-8-18-19(10-15)30-14-29-18)11-21(27)25-20(12-31-23(22)25)24(13-26)17-5-3-2-4-6-17;1-29-20-13(6-12-2-4-16-17(7-12)31-11-30-16)8-19(27)26-15(10-32-22(20)26)21(28)25-18-5-3-14(23)9-24-18/h2-7,9-11,17H,8,12H2,1H3,(H,25,26,29);2-8,10-11,13,20H,9,12,14H2,1H3;2-5,7-9,15H,6,10-11H2,1H3,(H,24,25,28)/t17-;20-;15-/m010/s1. The lowest BCUT2D eigenvalue weighted by Gasteiger charge is -2.26. The number of fused-ring (bicyclic) bond motifs is 6. The summed E-state index contributed by atoms with van der Waals surface area (Å²) in [4.78, 5) is 86.7. The molecule has 2 N–H and O–H groups in total. The van der Waals surface area contributed by atoms with Gasteiger partial charge in [-0.25, -0.2) is 9.97 Å².